The van der Waals surface area contributed by atoms with E-state index in [2.05, 4.69) is 5.32 Å². The molecule has 0 aliphatic carbocycles. The minimum atomic E-state index is -0.627. The van der Waals surface area contributed by atoms with E-state index in [-0.39, 0.29) is 18.9 Å². The zero-order valence-electron chi connectivity index (χ0n) is 19.8. The summed E-state index contributed by atoms with van der Waals surface area (Å²) in [6.45, 7) is 6.05. The van der Waals surface area contributed by atoms with Crippen LogP contribution in [0.5, 0.6) is 0 Å². The highest BCUT2D eigenvalue weighted by Gasteiger charge is 2.37. The third-order valence-electron chi connectivity index (χ3n) is 5.81. The smallest absolute Gasteiger partial charge is 0.338 e. The molecule has 1 saturated heterocycles. The molecule has 34 heavy (non-hydrogen) atoms. The van der Waals surface area contributed by atoms with Crippen LogP contribution >= 0.6 is 0 Å². The third-order valence-corrected chi connectivity index (χ3v) is 5.81. The molecule has 0 bridgehead atoms. The molecule has 180 valence electrons. The second kappa shape index (κ2) is 11.4. The lowest BCUT2D eigenvalue weighted by Gasteiger charge is -2.20. The monoisotopic (exact) mass is 466 g/mol. The number of carbonyl (C=O) groups is 4. The first-order valence-electron chi connectivity index (χ1n) is 11.4. The summed E-state index contributed by atoms with van der Waals surface area (Å²) in [5.41, 5.74) is 3.69. The fraction of sp³-hybridized carbons (Fsp3) is 0.385. The van der Waals surface area contributed by atoms with Crippen molar-refractivity contribution in [3.05, 3.63) is 59.2 Å². The van der Waals surface area contributed by atoms with Gasteiger partial charge in [-0.1, -0.05) is 25.5 Å². The van der Waals surface area contributed by atoms with Crippen LogP contribution in [0.2, 0.25) is 0 Å². The number of hydrogen-bond acceptors (Lipinski definition) is 6. The highest BCUT2D eigenvalue weighted by Crippen LogP contribution is 2.29. The summed E-state index contributed by atoms with van der Waals surface area (Å²) in [5.74, 6) is -2.28. The molecule has 0 unspecified atom stereocenters. The van der Waals surface area contributed by atoms with Crippen molar-refractivity contribution in [2.24, 2.45) is 5.92 Å². The van der Waals surface area contributed by atoms with Crippen LogP contribution in [0.25, 0.3) is 0 Å². The largest absolute Gasteiger partial charge is 0.462 e. The Morgan fingerprint density at radius 3 is 2.50 bits per heavy atom. The Morgan fingerprint density at radius 2 is 1.79 bits per heavy atom. The van der Waals surface area contributed by atoms with Gasteiger partial charge in [0.1, 0.15) is 0 Å². The van der Waals surface area contributed by atoms with Crippen LogP contribution in [-0.2, 0) is 23.9 Å². The van der Waals surface area contributed by atoms with E-state index >= 15 is 0 Å². The highest BCUT2D eigenvalue weighted by atomic mass is 16.5. The number of benzene rings is 2. The van der Waals surface area contributed by atoms with Gasteiger partial charge in [0.05, 0.1) is 18.1 Å². The Labute approximate surface area is 199 Å². The summed E-state index contributed by atoms with van der Waals surface area (Å²) >= 11 is 0. The molecule has 0 radical (unpaired) electrons. The Hall–Kier alpha value is -3.68. The number of amides is 2. The van der Waals surface area contributed by atoms with Gasteiger partial charge in [0.2, 0.25) is 5.91 Å². The minimum absolute atomic E-state index is 0.0453. The number of carbonyl (C=O) groups excluding carboxylic acids is 4. The van der Waals surface area contributed by atoms with E-state index < -0.39 is 30.4 Å². The second-order valence-corrected chi connectivity index (χ2v) is 8.35. The number of ether oxygens (including phenoxy) is 2. The van der Waals surface area contributed by atoms with Crippen molar-refractivity contribution in [2.45, 2.75) is 40.0 Å². The molecule has 1 atom stereocenters. The van der Waals surface area contributed by atoms with E-state index in [1.54, 1.807) is 29.2 Å². The van der Waals surface area contributed by atoms with Gasteiger partial charge in [-0.2, -0.15) is 0 Å². The van der Waals surface area contributed by atoms with Crippen molar-refractivity contribution in [3.63, 3.8) is 0 Å². The van der Waals surface area contributed by atoms with E-state index in [4.69, 9.17) is 9.47 Å². The van der Waals surface area contributed by atoms with Gasteiger partial charge in [-0.3, -0.25) is 14.4 Å². The molecule has 3 rings (SSSR count). The van der Waals surface area contributed by atoms with Gasteiger partial charge in [0.15, 0.2) is 6.61 Å². The molecule has 1 heterocycles. The van der Waals surface area contributed by atoms with E-state index in [0.29, 0.717) is 17.9 Å². The van der Waals surface area contributed by atoms with E-state index in [0.717, 1.165) is 29.7 Å². The molecule has 8 heteroatoms. The van der Waals surface area contributed by atoms with Crippen LogP contribution in [0.15, 0.2) is 42.5 Å². The molecule has 0 spiro atoms. The number of rotatable bonds is 9. The lowest BCUT2D eigenvalue weighted by Crippen LogP contribution is -2.28. The number of aryl methyl sites for hydroxylation is 1. The lowest BCUT2D eigenvalue weighted by atomic mass is 10.1. The van der Waals surface area contributed by atoms with E-state index in [1.165, 1.54) is 0 Å². The number of nitrogens with one attached hydrogen (secondary N) is 1. The molecule has 2 aromatic rings. The first-order chi connectivity index (χ1) is 16.3. The van der Waals surface area contributed by atoms with Crippen molar-refractivity contribution in [1.82, 2.24) is 0 Å². The van der Waals surface area contributed by atoms with Crippen LogP contribution in [0, 0.1) is 19.8 Å². The van der Waals surface area contributed by atoms with Crippen LogP contribution in [0.1, 0.15) is 47.7 Å². The Bertz CT molecular complexity index is 1060. The second-order valence-electron chi connectivity index (χ2n) is 8.35. The summed E-state index contributed by atoms with van der Waals surface area (Å²) in [7, 11) is 0. The fourth-order valence-corrected chi connectivity index (χ4v) is 3.66. The van der Waals surface area contributed by atoms with Gasteiger partial charge in [-0.05, 0) is 61.7 Å². The van der Waals surface area contributed by atoms with Crippen molar-refractivity contribution in [2.75, 3.05) is 30.0 Å². The highest BCUT2D eigenvalue weighted by molar-refractivity contribution is 6.00. The zero-order valence-corrected chi connectivity index (χ0v) is 19.8. The van der Waals surface area contributed by atoms with Gasteiger partial charge >= 0.3 is 11.9 Å². The fourth-order valence-electron chi connectivity index (χ4n) is 3.66. The number of hydrogen-bond donors (Lipinski definition) is 1. The number of esters is 2. The quantitative estimate of drug-likeness (QED) is 0.446. The average Bonchev–Trinajstić information content (AvgIpc) is 3.21. The van der Waals surface area contributed by atoms with Gasteiger partial charge in [0.25, 0.3) is 5.91 Å². The predicted octanol–water partition coefficient (Wildman–Crippen LogP) is 3.80. The molecule has 2 aromatic carbocycles. The van der Waals surface area contributed by atoms with Crippen molar-refractivity contribution < 1.29 is 28.7 Å². The maximum Gasteiger partial charge on any atom is 0.338 e. The van der Waals surface area contributed by atoms with Gasteiger partial charge in [-0.25, -0.2) is 4.79 Å². The number of unbranched alkanes of at least 4 members (excludes halogenated alkanes) is 1. The Morgan fingerprint density at radius 1 is 1.06 bits per heavy atom. The minimum Gasteiger partial charge on any atom is -0.462 e. The van der Waals surface area contributed by atoms with Gasteiger partial charge < -0.3 is 19.7 Å². The maximum atomic E-state index is 12.5. The molecule has 0 aromatic heterocycles. The van der Waals surface area contributed by atoms with Crippen LogP contribution in [0.3, 0.4) is 0 Å². The lowest BCUT2D eigenvalue weighted by molar-refractivity contribution is -0.151. The SMILES string of the molecule is CCCCOC(=O)c1ccc(NC(=O)COC(=O)[C@@H]2CC(=O)N(c3cccc(C)c3C)C2)cc1. The van der Waals surface area contributed by atoms with Crippen molar-refractivity contribution in [3.8, 4) is 0 Å². The average molecular weight is 467 g/mol. The molecule has 1 N–H and O–H groups in total. The Balaban J connectivity index is 1.48. The summed E-state index contributed by atoms with van der Waals surface area (Å²) in [4.78, 5) is 50.7. The molecule has 8 nitrogen and oxygen atoms in total. The number of nitrogens with zero attached hydrogens (tertiary/aromatic N) is 1. The van der Waals surface area contributed by atoms with Crippen molar-refractivity contribution in [1.29, 1.82) is 0 Å². The van der Waals surface area contributed by atoms with Crippen LogP contribution in [0.4, 0.5) is 11.4 Å². The third kappa shape index (κ3) is 6.21. The van der Waals surface area contributed by atoms with E-state index in [9.17, 15) is 19.2 Å². The number of anilines is 2. The zero-order chi connectivity index (χ0) is 24.7. The standard InChI is InChI=1S/C26H30N2O6/c1-4-5-13-33-25(31)19-9-11-21(12-10-19)27-23(29)16-34-26(32)20-14-24(30)28(15-20)22-8-6-7-17(2)18(22)3/h6-12,20H,4-5,13-16H2,1-3H3,(H,27,29)/t20-/m1/s1. The molecule has 0 saturated carbocycles. The topological polar surface area (TPSA) is 102 Å². The molecule has 1 fully saturated rings. The van der Waals surface area contributed by atoms with Gasteiger partial charge in [0, 0.05) is 24.3 Å². The summed E-state index contributed by atoms with van der Waals surface area (Å²) in [5, 5.41) is 2.62. The summed E-state index contributed by atoms with van der Waals surface area (Å²) in [6, 6.07) is 12.0. The summed E-state index contributed by atoms with van der Waals surface area (Å²) in [6.07, 6.45) is 1.78. The maximum absolute atomic E-state index is 12.5. The molecular weight excluding hydrogens is 436 g/mol. The first-order valence-corrected chi connectivity index (χ1v) is 11.4. The van der Waals surface area contributed by atoms with Crippen LogP contribution in [-0.4, -0.2) is 43.5 Å². The van der Waals surface area contributed by atoms with Crippen LogP contribution < -0.4 is 10.2 Å². The van der Waals surface area contributed by atoms with Gasteiger partial charge in [-0.15, -0.1) is 0 Å². The predicted molar refractivity (Wildman–Crippen MR) is 128 cm³/mol. The Kier molecular flexibility index (Phi) is 8.40. The first kappa shape index (κ1) is 25.0. The molecule has 1 aliphatic heterocycles. The normalized spacial score (nSPS) is 15.2. The molecular formula is C26H30N2O6. The molecule has 1 aliphatic rings. The van der Waals surface area contributed by atoms with E-state index in [1.807, 2.05) is 39.0 Å². The summed E-state index contributed by atoms with van der Waals surface area (Å²) < 4.78 is 10.3. The molecule has 2 amide bonds. The van der Waals surface area contributed by atoms with Crippen molar-refractivity contribution >= 4 is 35.1 Å².